The van der Waals surface area contributed by atoms with Gasteiger partial charge in [0.05, 0.1) is 5.56 Å². The summed E-state index contributed by atoms with van der Waals surface area (Å²) in [4.78, 5) is 11.9. The molecule has 2 aromatic carbocycles. The van der Waals surface area contributed by atoms with Crippen molar-refractivity contribution in [1.82, 2.24) is 0 Å². The van der Waals surface area contributed by atoms with Crippen LogP contribution < -0.4 is 0 Å². The maximum atomic E-state index is 11.9. The van der Waals surface area contributed by atoms with Crippen molar-refractivity contribution in [2.24, 2.45) is 0 Å². The van der Waals surface area contributed by atoms with Gasteiger partial charge in [-0.2, -0.15) is 0 Å². The molecule has 0 bridgehead atoms. The molecular weight excluding hydrogens is 375 g/mol. The normalized spacial score (nSPS) is 11.2. The number of alkyl halides is 1. The maximum Gasteiger partial charge on any atom is 0.338 e. The first kappa shape index (κ1) is 15.8. The zero-order chi connectivity index (χ0) is 15.1. The summed E-state index contributed by atoms with van der Waals surface area (Å²) in [5.74, 6) is -0.288. The summed E-state index contributed by atoms with van der Waals surface area (Å²) >= 11 is 2.32. The number of aryl methyl sites for hydroxylation is 1. The highest BCUT2D eigenvalue weighted by Gasteiger charge is 2.05. The molecule has 0 N–H and O–H groups in total. The van der Waals surface area contributed by atoms with Crippen molar-refractivity contribution in [2.45, 2.75) is 6.92 Å². The van der Waals surface area contributed by atoms with Crippen LogP contribution in [0.5, 0.6) is 0 Å². The first-order chi connectivity index (χ1) is 10.2. The summed E-state index contributed by atoms with van der Waals surface area (Å²) in [5.41, 5.74) is 4.17. The van der Waals surface area contributed by atoms with Gasteiger partial charge in [0.1, 0.15) is 6.61 Å². The van der Waals surface area contributed by atoms with Crippen LogP contribution in [0.2, 0.25) is 0 Å². The molecule has 21 heavy (non-hydrogen) atoms. The number of carbonyl (C=O) groups excluding carboxylic acids is 1. The van der Waals surface area contributed by atoms with E-state index in [1.54, 1.807) is 12.1 Å². The second-order valence-corrected chi connectivity index (χ2v) is 5.46. The highest BCUT2D eigenvalue weighted by Crippen LogP contribution is 2.18. The molecule has 0 saturated heterocycles. The number of hydrogen-bond donors (Lipinski definition) is 0. The Hall–Kier alpha value is -1.62. The zero-order valence-electron chi connectivity index (χ0n) is 11.9. The van der Waals surface area contributed by atoms with Crippen molar-refractivity contribution in [1.29, 1.82) is 0 Å². The van der Waals surface area contributed by atoms with Gasteiger partial charge in [-0.15, -0.1) is 0 Å². The molecule has 0 aromatic heterocycles. The van der Waals surface area contributed by atoms with Crippen molar-refractivity contribution in [3.8, 4) is 0 Å². The molecule has 2 rings (SSSR count). The van der Waals surface area contributed by atoms with E-state index in [1.807, 2.05) is 30.3 Å². The van der Waals surface area contributed by atoms with E-state index in [-0.39, 0.29) is 5.97 Å². The van der Waals surface area contributed by atoms with Gasteiger partial charge in [0.25, 0.3) is 0 Å². The number of rotatable bonds is 5. The van der Waals surface area contributed by atoms with Crippen LogP contribution in [0.1, 0.15) is 21.5 Å². The van der Waals surface area contributed by atoms with Crippen LogP contribution in [0.3, 0.4) is 0 Å². The number of allylic oxidation sites excluding steroid dienone is 1. The first-order valence-electron chi connectivity index (χ1n) is 6.75. The molecular formula is C18H17IO2. The zero-order valence-corrected chi connectivity index (χ0v) is 14.0. The fourth-order valence-electron chi connectivity index (χ4n) is 1.97. The van der Waals surface area contributed by atoms with Crippen LogP contribution >= 0.6 is 22.6 Å². The molecule has 0 radical (unpaired) electrons. The fourth-order valence-corrected chi connectivity index (χ4v) is 2.72. The summed E-state index contributed by atoms with van der Waals surface area (Å²) in [6, 6.07) is 17.4. The number of esters is 1. The van der Waals surface area contributed by atoms with Crippen LogP contribution in [-0.2, 0) is 4.74 Å². The summed E-state index contributed by atoms with van der Waals surface area (Å²) in [7, 11) is 0. The minimum Gasteiger partial charge on any atom is -0.458 e. The standard InChI is InChI=1S/C18H17IO2/c1-14-6-5-9-16(12-14)17(13-19)10-11-21-18(20)15-7-3-2-4-8-15/h2-10,12H,11,13H2,1H3. The quantitative estimate of drug-likeness (QED) is 0.420. The van der Waals surface area contributed by atoms with Crippen molar-refractivity contribution in [2.75, 3.05) is 11.0 Å². The van der Waals surface area contributed by atoms with Gasteiger partial charge in [-0.25, -0.2) is 4.79 Å². The van der Waals surface area contributed by atoms with Gasteiger partial charge in [-0.1, -0.05) is 70.6 Å². The first-order valence-corrected chi connectivity index (χ1v) is 8.27. The van der Waals surface area contributed by atoms with Gasteiger partial charge >= 0.3 is 5.97 Å². The molecule has 0 spiro atoms. The lowest BCUT2D eigenvalue weighted by Crippen LogP contribution is -2.05. The van der Waals surface area contributed by atoms with Crippen LogP contribution in [0.15, 0.2) is 60.7 Å². The second kappa shape index (κ2) is 7.98. The van der Waals surface area contributed by atoms with Gasteiger partial charge < -0.3 is 4.74 Å². The van der Waals surface area contributed by atoms with E-state index >= 15 is 0 Å². The molecule has 2 aromatic rings. The summed E-state index contributed by atoms with van der Waals surface area (Å²) in [5, 5.41) is 0. The Kier molecular flexibility index (Phi) is 5.99. The van der Waals surface area contributed by atoms with E-state index < -0.39 is 0 Å². The minimum atomic E-state index is -0.288. The van der Waals surface area contributed by atoms with Gasteiger partial charge in [-0.05, 0) is 36.3 Å². The number of ether oxygens (including phenoxy) is 1. The van der Waals surface area contributed by atoms with Crippen molar-refractivity contribution in [3.05, 3.63) is 77.4 Å². The molecule has 0 saturated carbocycles. The third-order valence-electron chi connectivity index (χ3n) is 3.09. The van der Waals surface area contributed by atoms with Crippen LogP contribution in [0.25, 0.3) is 5.57 Å². The lowest BCUT2D eigenvalue weighted by Gasteiger charge is -2.07. The Balaban J connectivity index is 2.00. The molecule has 3 heteroatoms. The van der Waals surface area contributed by atoms with Crippen LogP contribution in [0.4, 0.5) is 0 Å². The third kappa shape index (κ3) is 4.70. The van der Waals surface area contributed by atoms with Crippen molar-refractivity contribution in [3.63, 3.8) is 0 Å². The average Bonchev–Trinajstić information content (AvgIpc) is 2.52. The van der Waals surface area contributed by atoms with Gasteiger partial charge in [0.15, 0.2) is 0 Å². The molecule has 2 nitrogen and oxygen atoms in total. The SMILES string of the molecule is Cc1cccc(C(=CCOC(=O)c2ccccc2)CI)c1. The van der Waals surface area contributed by atoms with Crippen molar-refractivity contribution >= 4 is 34.1 Å². The molecule has 0 fully saturated rings. The van der Waals surface area contributed by atoms with Crippen molar-refractivity contribution < 1.29 is 9.53 Å². The fraction of sp³-hybridized carbons (Fsp3) is 0.167. The van der Waals surface area contributed by atoms with Crippen LogP contribution in [0, 0.1) is 6.92 Å². The number of hydrogen-bond acceptors (Lipinski definition) is 2. The number of carbonyl (C=O) groups is 1. The van der Waals surface area contributed by atoms with E-state index in [4.69, 9.17) is 4.74 Å². The summed E-state index contributed by atoms with van der Waals surface area (Å²) in [6.45, 7) is 2.36. The maximum absolute atomic E-state index is 11.9. The lowest BCUT2D eigenvalue weighted by molar-refractivity contribution is 0.0550. The minimum absolute atomic E-state index is 0.288. The monoisotopic (exact) mass is 392 g/mol. The van der Waals surface area contributed by atoms with E-state index in [9.17, 15) is 4.79 Å². The molecule has 0 aliphatic carbocycles. The average molecular weight is 392 g/mol. The summed E-state index contributed by atoms with van der Waals surface area (Å²) < 4.78 is 6.17. The van der Waals surface area contributed by atoms with E-state index in [2.05, 4.69) is 47.7 Å². The largest absolute Gasteiger partial charge is 0.458 e. The van der Waals surface area contributed by atoms with Gasteiger partial charge in [0, 0.05) is 4.43 Å². The van der Waals surface area contributed by atoms with Gasteiger partial charge in [0.2, 0.25) is 0 Å². The second-order valence-electron chi connectivity index (χ2n) is 4.70. The molecule has 0 aliphatic heterocycles. The molecule has 0 aliphatic rings. The lowest BCUT2D eigenvalue weighted by atomic mass is 10.1. The molecule has 108 valence electrons. The molecule has 0 atom stereocenters. The van der Waals surface area contributed by atoms with Crippen LogP contribution in [-0.4, -0.2) is 17.0 Å². The van der Waals surface area contributed by atoms with E-state index in [1.165, 1.54) is 16.7 Å². The Morgan fingerprint density at radius 1 is 1.10 bits per heavy atom. The number of halogens is 1. The highest BCUT2D eigenvalue weighted by molar-refractivity contribution is 14.1. The van der Waals surface area contributed by atoms with Gasteiger partial charge in [-0.3, -0.25) is 0 Å². The Labute approximate surface area is 139 Å². The highest BCUT2D eigenvalue weighted by atomic mass is 127. The Morgan fingerprint density at radius 2 is 1.81 bits per heavy atom. The van der Waals surface area contributed by atoms with E-state index in [0.29, 0.717) is 12.2 Å². The molecule has 0 amide bonds. The number of benzene rings is 2. The Morgan fingerprint density at radius 3 is 2.48 bits per heavy atom. The predicted molar refractivity (Wildman–Crippen MR) is 94.8 cm³/mol. The molecule has 0 unspecified atom stereocenters. The smallest absolute Gasteiger partial charge is 0.338 e. The predicted octanol–water partition coefficient (Wildman–Crippen LogP) is 4.67. The Bertz CT molecular complexity index is 633. The summed E-state index contributed by atoms with van der Waals surface area (Å²) in [6.07, 6.45) is 1.97. The topological polar surface area (TPSA) is 26.3 Å². The molecule has 0 heterocycles. The van der Waals surface area contributed by atoms with E-state index in [0.717, 1.165) is 4.43 Å². The third-order valence-corrected chi connectivity index (χ3v) is 3.91.